The predicted molar refractivity (Wildman–Crippen MR) is 113 cm³/mol. The van der Waals surface area contributed by atoms with Crippen molar-refractivity contribution in [1.82, 2.24) is 9.99 Å². The second kappa shape index (κ2) is 10.8. The molecule has 0 saturated heterocycles. The van der Waals surface area contributed by atoms with Crippen LogP contribution >= 0.6 is 0 Å². The molecule has 1 aromatic carbocycles. The number of hydrogen-bond donors (Lipinski definition) is 2. The first-order valence-corrected chi connectivity index (χ1v) is 9.12. The van der Waals surface area contributed by atoms with Crippen molar-refractivity contribution in [1.29, 1.82) is 0 Å². The number of para-hydroxylation sites is 1. The van der Waals surface area contributed by atoms with Crippen LogP contribution in [0, 0.1) is 0 Å². The number of hydrogen-bond acceptors (Lipinski definition) is 6. The van der Waals surface area contributed by atoms with Gasteiger partial charge in [-0.25, -0.2) is 26.5 Å². The van der Waals surface area contributed by atoms with Gasteiger partial charge in [-0.3, -0.25) is 5.01 Å². The molecule has 0 bridgehead atoms. The van der Waals surface area contributed by atoms with Crippen LogP contribution < -0.4 is 26.2 Å². The Morgan fingerprint density at radius 1 is 1.21 bits per heavy atom. The minimum Gasteiger partial charge on any atom is -0.485 e. The normalized spacial score (nSPS) is 12.2. The second-order valence-corrected chi connectivity index (χ2v) is 6.25. The Labute approximate surface area is 171 Å². The molecule has 0 aliphatic heterocycles. The molecule has 0 saturated carbocycles. The van der Waals surface area contributed by atoms with Gasteiger partial charge in [0.15, 0.2) is 0 Å². The maximum absolute atomic E-state index is 12.0. The molecule has 4 N–H and O–H groups in total. The third-order valence-electron chi connectivity index (χ3n) is 3.85. The highest BCUT2D eigenvalue weighted by molar-refractivity contribution is 5.91. The van der Waals surface area contributed by atoms with E-state index in [1.807, 2.05) is 50.3 Å². The Balaban J connectivity index is 1.99. The van der Waals surface area contributed by atoms with Crippen LogP contribution in [0.4, 0.5) is 10.5 Å². The van der Waals surface area contributed by atoms with Gasteiger partial charge in [-0.1, -0.05) is 36.4 Å². The lowest BCUT2D eigenvalue weighted by atomic mass is 10.2. The molecule has 29 heavy (non-hydrogen) atoms. The van der Waals surface area contributed by atoms with Crippen LogP contribution in [0.5, 0.6) is 11.6 Å². The number of hydrazine groups is 2. The van der Waals surface area contributed by atoms with Crippen molar-refractivity contribution >= 4 is 11.7 Å². The van der Waals surface area contributed by atoms with Gasteiger partial charge in [0, 0.05) is 18.7 Å². The van der Waals surface area contributed by atoms with Gasteiger partial charge < -0.3 is 9.47 Å². The fraction of sp³-hybridized carbons (Fsp3) is 0.238. The molecule has 2 rings (SSSR count). The van der Waals surface area contributed by atoms with Gasteiger partial charge in [-0.15, -0.1) is 0 Å². The highest BCUT2D eigenvalue weighted by Gasteiger charge is 2.17. The smallest absolute Gasteiger partial charge is 0.352 e. The maximum atomic E-state index is 12.0. The number of pyridine rings is 1. The van der Waals surface area contributed by atoms with E-state index in [-0.39, 0.29) is 12.7 Å². The van der Waals surface area contributed by atoms with Crippen molar-refractivity contribution in [2.75, 3.05) is 12.1 Å². The number of anilines is 1. The molecule has 8 heteroatoms. The molecular formula is C21H27N5O3. The van der Waals surface area contributed by atoms with Crippen LogP contribution in [0.1, 0.15) is 19.4 Å². The molecule has 2 aromatic rings. The quantitative estimate of drug-likeness (QED) is 0.307. The average molecular weight is 397 g/mol. The van der Waals surface area contributed by atoms with Gasteiger partial charge in [-0.2, -0.15) is 0 Å². The SMILES string of the molecule is C/C=C\C=C/C(C)Oc1ccc(OCc2ccccc2N(N)C(=O)N(C)N)nc1. The van der Waals surface area contributed by atoms with Crippen LogP contribution in [0.25, 0.3) is 0 Å². The van der Waals surface area contributed by atoms with Crippen molar-refractivity contribution in [2.24, 2.45) is 11.7 Å². The van der Waals surface area contributed by atoms with Gasteiger partial charge in [0.05, 0.1) is 11.9 Å². The lowest BCUT2D eigenvalue weighted by Crippen LogP contribution is -2.49. The number of rotatable bonds is 8. The molecule has 8 nitrogen and oxygen atoms in total. The maximum Gasteiger partial charge on any atom is 0.352 e. The Bertz CT molecular complexity index is 850. The summed E-state index contributed by atoms with van der Waals surface area (Å²) in [5, 5.41) is 1.89. The molecule has 0 aliphatic rings. The van der Waals surface area contributed by atoms with E-state index in [0.29, 0.717) is 17.3 Å². The van der Waals surface area contributed by atoms with Gasteiger partial charge >= 0.3 is 6.03 Å². The first-order chi connectivity index (χ1) is 13.9. The lowest BCUT2D eigenvalue weighted by Gasteiger charge is -2.23. The zero-order chi connectivity index (χ0) is 21.2. The fourth-order valence-corrected chi connectivity index (χ4v) is 2.40. The topological polar surface area (TPSA) is 107 Å². The van der Waals surface area contributed by atoms with E-state index in [1.54, 1.807) is 30.5 Å². The summed E-state index contributed by atoms with van der Waals surface area (Å²) in [4.78, 5) is 16.3. The summed E-state index contributed by atoms with van der Waals surface area (Å²) in [7, 11) is 1.42. The van der Waals surface area contributed by atoms with E-state index in [9.17, 15) is 4.79 Å². The number of carbonyl (C=O) groups excluding carboxylic acids is 1. The van der Waals surface area contributed by atoms with Gasteiger partial charge in [0.1, 0.15) is 18.5 Å². The standard InChI is InChI=1S/C21H27N5O3/c1-4-5-6-9-16(2)29-18-12-13-20(24-14-18)28-15-17-10-7-8-11-19(17)26(23)21(27)25(3)22/h4-14,16H,15,22-23H2,1-3H3/b5-4-,9-6-. The lowest BCUT2D eigenvalue weighted by molar-refractivity contribution is 0.216. The summed E-state index contributed by atoms with van der Waals surface area (Å²) in [6.45, 7) is 4.08. The molecule has 154 valence electrons. The zero-order valence-corrected chi connectivity index (χ0v) is 16.9. The van der Waals surface area contributed by atoms with Gasteiger partial charge in [0.2, 0.25) is 5.88 Å². The van der Waals surface area contributed by atoms with Crippen molar-refractivity contribution < 1.29 is 14.3 Å². The number of amides is 2. The molecule has 0 aliphatic carbocycles. The van der Waals surface area contributed by atoms with Crippen LogP contribution in [0.2, 0.25) is 0 Å². The number of aromatic nitrogens is 1. The molecular weight excluding hydrogens is 370 g/mol. The third-order valence-corrected chi connectivity index (χ3v) is 3.85. The summed E-state index contributed by atoms with van der Waals surface area (Å²) in [5.74, 6) is 12.4. The number of nitrogens with two attached hydrogens (primary N) is 2. The number of carbonyl (C=O) groups is 1. The summed E-state index contributed by atoms with van der Waals surface area (Å²) in [6.07, 6.45) is 9.28. The Hall–Kier alpha value is -3.36. The Kier molecular flexibility index (Phi) is 8.20. The summed E-state index contributed by atoms with van der Waals surface area (Å²) in [5.41, 5.74) is 1.21. The number of urea groups is 1. The summed E-state index contributed by atoms with van der Waals surface area (Å²) in [6, 6.07) is 10.1. The number of ether oxygens (including phenoxy) is 2. The molecule has 0 spiro atoms. The fourth-order valence-electron chi connectivity index (χ4n) is 2.40. The largest absolute Gasteiger partial charge is 0.485 e. The first kappa shape index (κ1) is 21.9. The van der Waals surface area contributed by atoms with Crippen molar-refractivity contribution in [3.05, 3.63) is 72.5 Å². The molecule has 1 heterocycles. The monoisotopic (exact) mass is 397 g/mol. The average Bonchev–Trinajstić information content (AvgIpc) is 2.72. The number of allylic oxidation sites excluding steroid dienone is 3. The van der Waals surface area contributed by atoms with E-state index >= 15 is 0 Å². The highest BCUT2D eigenvalue weighted by atomic mass is 16.5. The Morgan fingerprint density at radius 2 is 1.97 bits per heavy atom. The molecule has 1 unspecified atom stereocenters. The van der Waals surface area contributed by atoms with E-state index in [4.69, 9.17) is 21.2 Å². The van der Waals surface area contributed by atoms with E-state index in [0.717, 1.165) is 15.6 Å². The van der Waals surface area contributed by atoms with Gasteiger partial charge in [-0.05, 0) is 32.1 Å². The summed E-state index contributed by atoms with van der Waals surface area (Å²) < 4.78 is 11.5. The minimum atomic E-state index is -0.547. The van der Waals surface area contributed by atoms with Crippen LogP contribution in [0.15, 0.2) is 66.9 Å². The summed E-state index contributed by atoms with van der Waals surface area (Å²) >= 11 is 0. The van der Waals surface area contributed by atoms with Crippen LogP contribution in [-0.4, -0.2) is 29.2 Å². The Morgan fingerprint density at radius 3 is 2.62 bits per heavy atom. The van der Waals surface area contributed by atoms with Crippen LogP contribution in [-0.2, 0) is 6.61 Å². The highest BCUT2D eigenvalue weighted by Crippen LogP contribution is 2.21. The number of benzene rings is 1. The molecule has 1 aromatic heterocycles. The van der Waals surface area contributed by atoms with Crippen molar-refractivity contribution in [3.63, 3.8) is 0 Å². The van der Waals surface area contributed by atoms with Crippen molar-refractivity contribution in [3.8, 4) is 11.6 Å². The van der Waals surface area contributed by atoms with Crippen molar-refractivity contribution in [2.45, 2.75) is 26.6 Å². The zero-order valence-electron chi connectivity index (χ0n) is 16.9. The van der Waals surface area contributed by atoms with E-state index < -0.39 is 6.03 Å². The molecule has 1 atom stereocenters. The van der Waals surface area contributed by atoms with Gasteiger partial charge in [0.25, 0.3) is 0 Å². The van der Waals surface area contributed by atoms with Crippen LogP contribution in [0.3, 0.4) is 0 Å². The second-order valence-electron chi connectivity index (χ2n) is 6.25. The van der Waals surface area contributed by atoms with E-state index in [2.05, 4.69) is 4.98 Å². The molecule has 2 amide bonds. The predicted octanol–water partition coefficient (Wildman–Crippen LogP) is 3.17. The molecule has 0 fully saturated rings. The molecule has 0 radical (unpaired) electrons. The number of nitrogens with zero attached hydrogens (tertiary/aromatic N) is 3. The first-order valence-electron chi connectivity index (χ1n) is 9.12. The third kappa shape index (κ3) is 6.63. The van der Waals surface area contributed by atoms with E-state index in [1.165, 1.54) is 7.05 Å². The minimum absolute atomic E-state index is 0.0830.